The van der Waals surface area contributed by atoms with Gasteiger partial charge in [-0.3, -0.25) is 4.79 Å². The number of hydrogen-bond acceptors (Lipinski definition) is 4. The van der Waals surface area contributed by atoms with Crippen LogP contribution in [0.3, 0.4) is 0 Å². The van der Waals surface area contributed by atoms with E-state index in [0.717, 1.165) is 27.8 Å². The van der Waals surface area contributed by atoms with Gasteiger partial charge < -0.3 is 15.2 Å². The van der Waals surface area contributed by atoms with Gasteiger partial charge in [0.25, 0.3) is 5.91 Å². The average Bonchev–Trinajstić information content (AvgIpc) is 2.83. The van der Waals surface area contributed by atoms with Gasteiger partial charge in [-0.1, -0.05) is 54.1 Å². The number of carbonyl (C=O) groups excluding carboxylic acids is 1. The molecule has 1 unspecified atom stereocenters. The van der Waals surface area contributed by atoms with E-state index in [2.05, 4.69) is 5.32 Å². The number of amides is 1. The number of carboxylic acid groups (broad SMARTS) is 1. The molecule has 0 spiro atoms. The Hall–Kier alpha value is -2.80. The van der Waals surface area contributed by atoms with Crippen LogP contribution in [0.4, 0.5) is 0 Å². The SMILES string of the molecule is CSCCC(NC(=O)c1ccc(COCc2ccc(Cl)cc2)cc1-c1ccccc1C)C(=O)O. The molecular formula is C27H28ClNO4S. The van der Waals surface area contributed by atoms with Gasteiger partial charge in [-0.2, -0.15) is 11.8 Å². The van der Waals surface area contributed by atoms with Crippen LogP contribution >= 0.6 is 23.4 Å². The summed E-state index contributed by atoms with van der Waals surface area (Å²) in [6, 6.07) is 19.9. The van der Waals surface area contributed by atoms with Gasteiger partial charge in [0.1, 0.15) is 6.04 Å². The quantitative estimate of drug-likeness (QED) is 0.341. The molecule has 3 rings (SSSR count). The van der Waals surface area contributed by atoms with Crippen LogP contribution in [-0.4, -0.2) is 35.0 Å². The number of carbonyl (C=O) groups is 2. The van der Waals surface area contributed by atoms with Crippen molar-refractivity contribution in [3.63, 3.8) is 0 Å². The minimum Gasteiger partial charge on any atom is -0.480 e. The lowest BCUT2D eigenvalue weighted by atomic mass is 9.93. The standard InChI is InChI=1S/C27H28ClNO4S/c1-18-5-3-4-6-22(18)24-15-20(17-33-16-19-7-10-21(28)11-8-19)9-12-23(24)26(30)29-25(27(31)32)13-14-34-2/h3-12,15,25H,13-14,16-17H2,1-2H3,(H,29,30)(H,31,32). The number of aliphatic carboxylic acids is 1. The zero-order valence-corrected chi connectivity index (χ0v) is 20.8. The number of benzene rings is 3. The molecule has 5 nitrogen and oxygen atoms in total. The fourth-order valence-electron chi connectivity index (χ4n) is 3.57. The maximum absolute atomic E-state index is 13.1. The molecule has 1 atom stereocenters. The predicted octanol–water partition coefficient (Wildman–Crippen LogP) is 5.97. The second kappa shape index (κ2) is 12.6. The first-order valence-corrected chi connectivity index (χ1v) is 12.7. The topological polar surface area (TPSA) is 75.6 Å². The summed E-state index contributed by atoms with van der Waals surface area (Å²) >= 11 is 7.48. The van der Waals surface area contributed by atoms with E-state index in [4.69, 9.17) is 16.3 Å². The van der Waals surface area contributed by atoms with Gasteiger partial charge in [0.05, 0.1) is 13.2 Å². The summed E-state index contributed by atoms with van der Waals surface area (Å²) in [5.41, 5.74) is 5.06. The van der Waals surface area contributed by atoms with Gasteiger partial charge in [-0.05, 0) is 77.4 Å². The second-order valence-corrected chi connectivity index (χ2v) is 9.38. The Morgan fingerprint density at radius 2 is 1.68 bits per heavy atom. The highest BCUT2D eigenvalue weighted by Gasteiger charge is 2.22. The number of nitrogens with one attached hydrogen (secondary N) is 1. The molecule has 2 N–H and O–H groups in total. The molecule has 3 aromatic rings. The molecule has 0 aromatic heterocycles. The van der Waals surface area contributed by atoms with Crippen LogP contribution in [0.25, 0.3) is 11.1 Å². The van der Waals surface area contributed by atoms with Crippen molar-refractivity contribution < 1.29 is 19.4 Å². The summed E-state index contributed by atoms with van der Waals surface area (Å²) in [7, 11) is 0. The van der Waals surface area contributed by atoms with Crippen LogP contribution in [0.2, 0.25) is 5.02 Å². The Kier molecular flexibility index (Phi) is 9.57. The highest BCUT2D eigenvalue weighted by Crippen LogP contribution is 2.29. The van der Waals surface area contributed by atoms with Crippen molar-refractivity contribution in [2.75, 3.05) is 12.0 Å². The summed E-state index contributed by atoms with van der Waals surface area (Å²) in [5.74, 6) is -0.793. The van der Waals surface area contributed by atoms with Crippen molar-refractivity contribution in [1.82, 2.24) is 5.32 Å². The Morgan fingerprint density at radius 3 is 2.35 bits per heavy atom. The molecule has 3 aromatic carbocycles. The van der Waals surface area contributed by atoms with E-state index in [9.17, 15) is 14.7 Å². The Labute approximate surface area is 209 Å². The molecule has 0 saturated heterocycles. The molecule has 1 amide bonds. The normalized spacial score (nSPS) is 11.7. The van der Waals surface area contributed by atoms with Gasteiger partial charge in [0.15, 0.2) is 0 Å². The number of aryl methyl sites for hydroxylation is 1. The Bertz CT molecular complexity index is 1130. The third-order valence-corrected chi connectivity index (χ3v) is 6.32. The number of carboxylic acids is 1. The summed E-state index contributed by atoms with van der Waals surface area (Å²) in [5, 5.41) is 12.9. The van der Waals surface area contributed by atoms with E-state index in [1.807, 2.05) is 73.8 Å². The van der Waals surface area contributed by atoms with Crippen molar-refractivity contribution in [3.05, 3.63) is 94.0 Å². The molecule has 7 heteroatoms. The van der Waals surface area contributed by atoms with Gasteiger partial charge >= 0.3 is 5.97 Å². The third kappa shape index (κ3) is 7.10. The smallest absolute Gasteiger partial charge is 0.326 e. The number of hydrogen-bond donors (Lipinski definition) is 2. The molecule has 0 aliphatic carbocycles. The van der Waals surface area contributed by atoms with E-state index in [1.165, 1.54) is 0 Å². The van der Waals surface area contributed by atoms with Gasteiger partial charge in [-0.15, -0.1) is 0 Å². The maximum atomic E-state index is 13.1. The fourth-order valence-corrected chi connectivity index (χ4v) is 4.17. The highest BCUT2D eigenvalue weighted by molar-refractivity contribution is 7.98. The highest BCUT2D eigenvalue weighted by atomic mass is 35.5. The summed E-state index contributed by atoms with van der Waals surface area (Å²) in [6.07, 6.45) is 2.27. The molecule has 0 aliphatic heterocycles. The average molecular weight is 498 g/mol. The Balaban J connectivity index is 1.84. The van der Waals surface area contributed by atoms with E-state index < -0.39 is 17.9 Å². The van der Waals surface area contributed by atoms with Gasteiger partial charge in [0.2, 0.25) is 0 Å². The van der Waals surface area contributed by atoms with Crippen LogP contribution in [0, 0.1) is 6.92 Å². The number of thioether (sulfide) groups is 1. The van der Waals surface area contributed by atoms with Crippen molar-refractivity contribution in [1.29, 1.82) is 0 Å². The van der Waals surface area contributed by atoms with Crippen LogP contribution in [-0.2, 0) is 22.7 Å². The van der Waals surface area contributed by atoms with Crippen LogP contribution in [0.1, 0.15) is 33.5 Å². The molecule has 178 valence electrons. The van der Waals surface area contributed by atoms with E-state index in [0.29, 0.717) is 36.0 Å². The number of rotatable bonds is 11. The molecule has 0 radical (unpaired) electrons. The maximum Gasteiger partial charge on any atom is 0.326 e. The lowest BCUT2D eigenvalue weighted by Crippen LogP contribution is -2.41. The molecule has 0 bridgehead atoms. The van der Waals surface area contributed by atoms with Crippen LogP contribution in [0.5, 0.6) is 0 Å². The minimum absolute atomic E-state index is 0.360. The summed E-state index contributed by atoms with van der Waals surface area (Å²) in [6.45, 7) is 2.79. The first-order valence-electron chi connectivity index (χ1n) is 10.9. The van der Waals surface area contributed by atoms with Crippen molar-refractivity contribution in [2.24, 2.45) is 0 Å². The number of halogens is 1. The molecule has 0 fully saturated rings. The molecule has 34 heavy (non-hydrogen) atoms. The predicted molar refractivity (Wildman–Crippen MR) is 138 cm³/mol. The molecule has 0 heterocycles. The summed E-state index contributed by atoms with van der Waals surface area (Å²) in [4.78, 5) is 24.8. The monoisotopic (exact) mass is 497 g/mol. The van der Waals surface area contributed by atoms with Crippen molar-refractivity contribution in [2.45, 2.75) is 32.6 Å². The van der Waals surface area contributed by atoms with E-state index >= 15 is 0 Å². The Morgan fingerprint density at radius 1 is 1.00 bits per heavy atom. The van der Waals surface area contributed by atoms with Gasteiger partial charge in [0, 0.05) is 10.6 Å². The van der Waals surface area contributed by atoms with Crippen LogP contribution < -0.4 is 5.32 Å². The molecular weight excluding hydrogens is 470 g/mol. The van der Waals surface area contributed by atoms with Crippen molar-refractivity contribution >= 4 is 35.2 Å². The first-order chi connectivity index (χ1) is 16.4. The fraction of sp³-hybridized carbons (Fsp3) is 0.259. The zero-order valence-electron chi connectivity index (χ0n) is 19.2. The zero-order chi connectivity index (χ0) is 24.5. The largest absolute Gasteiger partial charge is 0.480 e. The van der Waals surface area contributed by atoms with Gasteiger partial charge in [-0.25, -0.2) is 4.79 Å². The minimum atomic E-state index is -1.04. The summed E-state index contributed by atoms with van der Waals surface area (Å²) < 4.78 is 5.88. The lowest BCUT2D eigenvalue weighted by Gasteiger charge is -2.17. The van der Waals surface area contributed by atoms with E-state index in [-0.39, 0.29) is 0 Å². The number of ether oxygens (including phenoxy) is 1. The second-order valence-electron chi connectivity index (χ2n) is 7.96. The van der Waals surface area contributed by atoms with Crippen LogP contribution in [0.15, 0.2) is 66.7 Å². The third-order valence-electron chi connectivity index (χ3n) is 5.43. The molecule has 0 saturated carbocycles. The van der Waals surface area contributed by atoms with E-state index in [1.54, 1.807) is 17.8 Å². The first kappa shape index (κ1) is 25.8. The molecule has 0 aliphatic rings. The lowest BCUT2D eigenvalue weighted by molar-refractivity contribution is -0.139. The van der Waals surface area contributed by atoms with Crippen molar-refractivity contribution in [3.8, 4) is 11.1 Å².